The van der Waals surface area contributed by atoms with Gasteiger partial charge in [-0.2, -0.15) is 0 Å². The fourth-order valence-corrected chi connectivity index (χ4v) is 4.85. The van der Waals surface area contributed by atoms with Crippen molar-refractivity contribution in [1.82, 2.24) is 0 Å². The van der Waals surface area contributed by atoms with E-state index in [-0.39, 0.29) is 11.1 Å². The lowest BCUT2D eigenvalue weighted by Crippen LogP contribution is -2.34. The van der Waals surface area contributed by atoms with Crippen molar-refractivity contribution in [3.63, 3.8) is 0 Å². The minimum Gasteiger partial charge on any atom is -0.128 e. The van der Waals surface area contributed by atoms with Crippen molar-refractivity contribution in [2.75, 3.05) is 0 Å². The SMILES string of the molecule is PC(c1ccccc1)C(c1ccccc1)(c1ccccc1)c1ccccc1. The van der Waals surface area contributed by atoms with E-state index < -0.39 is 0 Å². The molecule has 0 aromatic heterocycles. The molecule has 0 aliphatic rings. The summed E-state index contributed by atoms with van der Waals surface area (Å²) in [6.45, 7) is 0. The highest BCUT2D eigenvalue weighted by molar-refractivity contribution is 7.17. The van der Waals surface area contributed by atoms with E-state index in [0.29, 0.717) is 0 Å². The Bertz CT molecular complexity index is 867. The van der Waals surface area contributed by atoms with Gasteiger partial charge in [-0.1, -0.05) is 121 Å². The van der Waals surface area contributed by atoms with Crippen LogP contribution in [-0.2, 0) is 5.41 Å². The Kier molecular flexibility index (Phi) is 5.19. The molecule has 0 nitrogen and oxygen atoms in total. The number of rotatable bonds is 5. The molecule has 2 unspecified atom stereocenters. The molecule has 0 amide bonds. The minimum absolute atomic E-state index is 0.186. The maximum Gasteiger partial charge on any atom is 0.0553 e. The molecule has 0 saturated carbocycles. The van der Waals surface area contributed by atoms with Crippen LogP contribution in [0.2, 0.25) is 0 Å². The molecule has 2 atom stereocenters. The van der Waals surface area contributed by atoms with Gasteiger partial charge in [0.1, 0.15) is 0 Å². The zero-order chi connectivity index (χ0) is 18.5. The molecular weight excluding hydrogens is 343 g/mol. The van der Waals surface area contributed by atoms with Crippen LogP contribution in [0, 0.1) is 0 Å². The van der Waals surface area contributed by atoms with Crippen molar-refractivity contribution >= 4 is 9.24 Å². The monoisotopic (exact) mass is 366 g/mol. The van der Waals surface area contributed by atoms with Crippen LogP contribution in [0.3, 0.4) is 0 Å². The normalized spacial score (nSPS) is 12.5. The van der Waals surface area contributed by atoms with Crippen LogP contribution in [0.4, 0.5) is 0 Å². The summed E-state index contributed by atoms with van der Waals surface area (Å²) in [5.41, 5.74) is 5.09. The van der Waals surface area contributed by atoms with E-state index in [4.69, 9.17) is 0 Å². The Hall–Kier alpha value is -2.69. The van der Waals surface area contributed by atoms with Crippen molar-refractivity contribution in [1.29, 1.82) is 0 Å². The van der Waals surface area contributed by atoms with E-state index >= 15 is 0 Å². The molecule has 1 heteroatoms. The van der Waals surface area contributed by atoms with Gasteiger partial charge in [-0.25, -0.2) is 0 Å². The average Bonchev–Trinajstić information content (AvgIpc) is 2.77. The molecule has 0 aliphatic heterocycles. The zero-order valence-corrected chi connectivity index (χ0v) is 16.4. The summed E-state index contributed by atoms with van der Waals surface area (Å²) in [5, 5.41) is 0. The van der Waals surface area contributed by atoms with Gasteiger partial charge >= 0.3 is 0 Å². The molecule has 4 aromatic rings. The summed E-state index contributed by atoms with van der Waals surface area (Å²) in [7, 11) is 3.14. The third-order valence-electron chi connectivity index (χ3n) is 5.31. The molecule has 0 heterocycles. The zero-order valence-electron chi connectivity index (χ0n) is 15.2. The minimum atomic E-state index is -0.296. The quantitative estimate of drug-likeness (QED) is 0.274. The van der Waals surface area contributed by atoms with Crippen LogP contribution >= 0.6 is 9.24 Å². The van der Waals surface area contributed by atoms with E-state index in [1.165, 1.54) is 22.3 Å². The fourth-order valence-electron chi connectivity index (χ4n) is 4.05. The first-order valence-electron chi connectivity index (χ1n) is 9.30. The lowest BCUT2D eigenvalue weighted by molar-refractivity contribution is 0.599. The second-order valence-electron chi connectivity index (χ2n) is 6.79. The highest BCUT2D eigenvalue weighted by Crippen LogP contribution is 2.52. The third kappa shape index (κ3) is 3.22. The Labute approximate surface area is 164 Å². The standard InChI is InChI=1S/C26H23P/c27-25(21-13-5-1-6-14-21)26(22-15-7-2-8-16-22,23-17-9-3-10-18-23)24-19-11-4-12-20-24/h1-20,25H,27H2. The van der Waals surface area contributed by atoms with Crippen molar-refractivity contribution in [2.45, 2.75) is 11.1 Å². The topological polar surface area (TPSA) is 0 Å². The summed E-state index contributed by atoms with van der Waals surface area (Å²) < 4.78 is 0. The molecule has 4 rings (SSSR count). The summed E-state index contributed by atoms with van der Waals surface area (Å²) in [4.78, 5) is 0. The van der Waals surface area contributed by atoms with Crippen molar-refractivity contribution in [3.8, 4) is 0 Å². The lowest BCUT2D eigenvalue weighted by atomic mass is 9.65. The lowest BCUT2D eigenvalue weighted by Gasteiger charge is -2.41. The Morgan fingerprint density at radius 2 is 0.741 bits per heavy atom. The summed E-state index contributed by atoms with van der Waals surface area (Å²) in [6.07, 6.45) is 0. The highest BCUT2D eigenvalue weighted by atomic mass is 31.0. The van der Waals surface area contributed by atoms with Gasteiger partial charge in [0, 0.05) is 5.66 Å². The highest BCUT2D eigenvalue weighted by Gasteiger charge is 2.42. The van der Waals surface area contributed by atoms with Crippen LogP contribution in [0.5, 0.6) is 0 Å². The van der Waals surface area contributed by atoms with Crippen molar-refractivity contribution in [3.05, 3.63) is 144 Å². The second-order valence-corrected chi connectivity index (χ2v) is 7.46. The van der Waals surface area contributed by atoms with Crippen LogP contribution < -0.4 is 0 Å². The molecule has 0 radical (unpaired) electrons. The van der Waals surface area contributed by atoms with E-state index in [1.54, 1.807) is 0 Å². The molecule has 4 aromatic carbocycles. The fraction of sp³-hybridized carbons (Fsp3) is 0.0769. The molecule has 0 bridgehead atoms. The van der Waals surface area contributed by atoms with Crippen molar-refractivity contribution < 1.29 is 0 Å². The smallest absolute Gasteiger partial charge is 0.0553 e. The van der Waals surface area contributed by atoms with E-state index in [0.717, 1.165) is 0 Å². The third-order valence-corrected chi connectivity index (χ3v) is 6.20. The second kappa shape index (κ2) is 7.91. The molecular formula is C26H23P. The first kappa shape index (κ1) is 17.7. The molecule has 0 spiro atoms. The van der Waals surface area contributed by atoms with Gasteiger partial charge in [-0.3, -0.25) is 0 Å². The van der Waals surface area contributed by atoms with E-state index in [2.05, 4.69) is 131 Å². The average molecular weight is 366 g/mol. The maximum atomic E-state index is 3.14. The molecule has 132 valence electrons. The summed E-state index contributed by atoms with van der Waals surface area (Å²) >= 11 is 0. The van der Waals surface area contributed by atoms with Gasteiger partial charge in [0.15, 0.2) is 0 Å². The van der Waals surface area contributed by atoms with Gasteiger partial charge in [-0.15, -0.1) is 9.24 Å². The molecule has 0 N–H and O–H groups in total. The summed E-state index contributed by atoms with van der Waals surface area (Å²) in [5.74, 6) is 0. The Morgan fingerprint density at radius 1 is 0.444 bits per heavy atom. The predicted octanol–water partition coefficient (Wildman–Crippen LogP) is 6.64. The van der Waals surface area contributed by atoms with E-state index in [1.807, 2.05) is 0 Å². The first-order chi connectivity index (χ1) is 13.3. The largest absolute Gasteiger partial charge is 0.128 e. The first-order valence-corrected chi connectivity index (χ1v) is 9.97. The van der Waals surface area contributed by atoms with E-state index in [9.17, 15) is 0 Å². The summed E-state index contributed by atoms with van der Waals surface area (Å²) in [6, 6.07) is 43.4. The predicted molar refractivity (Wildman–Crippen MR) is 118 cm³/mol. The van der Waals surface area contributed by atoms with Gasteiger partial charge < -0.3 is 0 Å². The molecule has 27 heavy (non-hydrogen) atoms. The van der Waals surface area contributed by atoms with Crippen LogP contribution in [0.1, 0.15) is 27.9 Å². The van der Waals surface area contributed by atoms with Crippen molar-refractivity contribution in [2.24, 2.45) is 0 Å². The maximum absolute atomic E-state index is 3.14. The van der Waals surface area contributed by atoms with Gasteiger partial charge in [0.25, 0.3) is 0 Å². The molecule has 0 fully saturated rings. The number of hydrogen-bond donors (Lipinski definition) is 0. The Balaban J connectivity index is 2.07. The van der Waals surface area contributed by atoms with Crippen LogP contribution in [-0.4, -0.2) is 0 Å². The van der Waals surface area contributed by atoms with Gasteiger partial charge in [0.2, 0.25) is 0 Å². The van der Waals surface area contributed by atoms with Crippen LogP contribution in [0.25, 0.3) is 0 Å². The number of hydrogen-bond acceptors (Lipinski definition) is 0. The van der Waals surface area contributed by atoms with Gasteiger partial charge in [-0.05, 0) is 22.3 Å². The molecule has 0 aliphatic carbocycles. The number of benzene rings is 4. The van der Waals surface area contributed by atoms with Crippen LogP contribution in [0.15, 0.2) is 121 Å². The molecule has 0 saturated heterocycles. The Morgan fingerprint density at radius 3 is 1.07 bits per heavy atom. The van der Waals surface area contributed by atoms with Gasteiger partial charge in [0.05, 0.1) is 5.41 Å².